The zero-order chi connectivity index (χ0) is 13.2. The summed E-state index contributed by atoms with van der Waals surface area (Å²) in [6, 6.07) is 12.6. The Balaban J connectivity index is 2.21. The van der Waals surface area contributed by atoms with Crippen molar-refractivity contribution in [1.82, 2.24) is 10.9 Å². The average molecular weight is 252 g/mol. The number of aryl methyl sites for hydroxylation is 1. The number of nitrogens with one attached hydrogen (secondary N) is 2. The van der Waals surface area contributed by atoms with Gasteiger partial charge in [-0.25, -0.2) is 5.43 Å². The van der Waals surface area contributed by atoms with E-state index in [1.807, 2.05) is 12.1 Å². The van der Waals surface area contributed by atoms with Gasteiger partial charge in [-0.2, -0.15) is 0 Å². The molecule has 19 heavy (non-hydrogen) atoms. The van der Waals surface area contributed by atoms with Crippen LogP contribution in [-0.2, 0) is 11.2 Å². The molecular formula is C16H16N2O. The first-order chi connectivity index (χ1) is 9.29. The lowest BCUT2D eigenvalue weighted by Crippen LogP contribution is -2.25. The summed E-state index contributed by atoms with van der Waals surface area (Å²) < 4.78 is 0. The molecule has 96 valence electrons. The van der Waals surface area contributed by atoms with Crippen LogP contribution in [0.15, 0.2) is 42.0 Å². The molecule has 1 saturated heterocycles. The van der Waals surface area contributed by atoms with Gasteiger partial charge in [0.1, 0.15) is 0 Å². The Bertz CT molecular complexity index is 668. The molecule has 2 aromatic rings. The Morgan fingerprint density at radius 1 is 1.21 bits per heavy atom. The lowest BCUT2D eigenvalue weighted by Gasteiger charge is -2.08. The Morgan fingerprint density at radius 2 is 2.00 bits per heavy atom. The maximum absolute atomic E-state index is 11.6. The standard InChI is InChI=1S/C16H16N2O/c1-2-11-5-3-6-12-7-4-8-13(15(11)12)9-14-10-17-18-16(14)19/h3-9,17H,2,10H2,1H3,(H,18,19)/b14-9+. The highest BCUT2D eigenvalue weighted by molar-refractivity contribution is 6.03. The summed E-state index contributed by atoms with van der Waals surface area (Å²) in [5, 5.41) is 2.47. The van der Waals surface area contributed by atoms with E-state index in [1.165, 1.54) is 16.3 Å². The Morgan fingerprint density at radius 3 is 2.68 bits per heavy atom. The van der Waals surface area contributed by atoms with Gasteiger partial charge >= 0.3 is 0 Å². The lowest BCUT2D eigenvalue weighted by molar-refractivity contribution is -0.116. The van der Waals surface area contributed by atoms with E-state index in [0.29, 0.717) is 6.54 Å². The highest BCUT2D eigenvalue weighted by Crippen LogP contribution is 2.25. The van der Waals surface area contributed by atoms with Crippen molar-refractivity contribution in [2.24, 2.45) is 0 Å². The van der Waals surface area contributed by atoms with Crippen molar-refractivity contribution in [2.75, 3.05) is 6.54 Å². The third kappa shape index (κ3) is 2.13. The predicted octanol–water partition coefficient (Wildman–Crippen LogP) is 2.42. The minimum Gasteiger partial charge on any atom is -0.287 e. The molecular weight excluding hydrogens is 236 g/mol. The number of carbonyl (C=O) groups is 1. The van der Waals surface area contributed by atoms with Crippen molar-refractivity contribution >= 4 is 22.8 Å². The number of rotatable bonds is 2. The van der Waals surface area contributed by atoms with Gasteiger partial charge in [-0.15, -0.1) is 0 Å². The van der Waals surface area contributed by atoms with Crippen molar-refractivity contribution < 1.29 is 4.79 Å². The summed E-state index contributed by atoms with van der Waals surface area (Å²) in [5.74, 6) is -0.0361. The number of hydrazine groups is 1. The van der Waals surface area contributed by atoms with E-state index >= 15 is 0 Å². The SMILES string of the molecule is CCc1cccc2cccc(/C=C3\CNNC3=O)c12. The van der Waals surface area contributed by atoms with E-state index in [1.54, 1.807) is 0 Å². The van der Waals surface area contributed by atoms with Gasteiger partial charge in [-0.1, -0.05) is 43.3 Å². The second kappa shape index (κ2) is 4.86. The molecule has 1 amide bonds. The average Bonchev–Trinajstić information content (AvgIpc) is 2.84. The summed E-state index contributed by atoms with van der Waals surface area (Å²) in [6.45, 7) is 2.73. The van der Waals surface area contributed by atoms with E-state index in [9.17, 15) is 4.79 Å². The fraction of sp³-hybridized carbons (Fsp3) is 0.188. The molecule has 0 aromatic heterocycles. The molecule has 3 nitrogen and oxygen atoms in total. The number of amides is 1. The van der Waals surface area contributed by atoms with Crippen LogP contribution in [-0.4, -0.2) is 12.5 Å². The molecule has 3 heteroatoms. The topological polar surface area (TPSA) is 41.1 Å². The van der Waals surface area contributed by atoms with E-state index in [0.717, 1.165) is 17.6 Å². The maximum atomic E-state index is 11.6. The van der Waals surface area contributed by atoms with Gasteiger partial charge in [0.25, 0.3) is 5.91 Å². The summed E-state index contributed by atoms with van der Waals surface area (Å²) in [7, 11) is 0. The molecule has 2 aromatic carbocycles. The lowest BCUT2D eigenvalue weighted by atomic mass is 9.96. The van der Waals surface area contributed by atoms with Gasteiger partial charge in [-0.3, -0.25) is 10.2 Å². The molecule has 0 unspecified atom stereocenters. The molecule has 0 aliphatic carbocycles. The number of hydrogen-bond donors (Lipinski definition) is 2. The van der Waals surface area contributed by atoms with Gasteiger partial charge in [0.15, 0.2) is 0 Å². The van der Waals surface area contributed by atoms with Crippen molar-refractivity contribution in [2.45, 2.75) is 13.3 Å². The van der Waals surface area contributed by atoms with Crippen LogP contribution in [0.4, 0.5) is 0 Å². The van der Waals surface area contributed by atoms with E-state index in [4.69, 9.17) is 0 Å². The summed E-state index contributed by atoms with van der Waals surface area (Å²) in [6.07, 6.45) is 2.97. The van der Waals surface area contributed by atoms with Crippen molar-refractivity contribution in [1.29, 1.82) is 0 Å². The number of benzene rings is 2. The van der Waals surface area contributed by atoms with Crippen LogP contribution in [0, 0.1) is 0 Å². The van der Waals surface area contributed by atoms with Crippen molar-refractivity contribution in [3.8, 4) is 0 Å². The van der Waals surface area contributed by atoms with Gasteiger partial charge in [0.2, 0.25) is 0 Å². The smallest absolute Gasteiger partial charge is 0.262 e. The second-order valence-corrected chi connectivity index (χ2v) is 4.69. The van der Waals surface area contributed by atoms with Gasteiger partial charge < -0.3 is 0 Å². The third-order valence-corrected chi connectivity index (χ3v) is 3.51. The monoisotopic (exact) mass is 252 g/mol. The number of carbonyl (C=O) groups excluding carboxylic acids is 1. The fourth-order valence-electron chi connectivity index (χ4n) is 2.55. The number of fused-ring (bicyclic) bond motifs is 1. The Kier molecular flexibility index (Phi) is 3.05. The maximum Gasteiger partial charge on any atom is 0.262 e. The predicted molar refractivity (Wildman–Crippen MR) is 77.4 cm³/mol. The van der Waals surface area contributed by atoms with Crippen LogP contribution < -0.4 is 10.9 Å². The molecule has 0 saturated carbocycles. The van der Waals surface area contributed by atoms with Crippen LogP contribution in [0.3, 0.4) is 0 Å². The quantitative estimate of drug-likeness (QED) is 0.806. The van der Waals surface area contributed by atoms with Crippen LogP contribution in [0.25, 0.3) is 16.8 Å². The molecule has 0 atom stereocenters. The van der Waals surface area contributed by atoms with Gasteiger partial charge in [0.05, 0.1) is 0 Å². The molecule has 1 aliphatic rings. The van der Waals surface area contributed by atoms with Crippen LogP contribution in [0.5, 0.6) is 0 Å². The Labute approximate surface area is 112 Å². The minimum atomic E-state index is -0.0361. The normalized spacial score (nSPS) is 17.1. The van der Waals surface area contributed by atoms with E-state index in [2.05, 4.69) is 48.1 Å². The second-order valence-electron chi connectivity index (χ2n) is 4.69. The first-order valence-electron chi connectivity index (χ1n) is 6.54. The Hall–Kier alpha value is -2.13. The highest BCUT2D eigenvalue weighted by atomic mass is 16.2. The molecule has 0 bridgehead atoms. The van der Waals surface area contributed by atoms with Gasteiger partial charge in [-0.05, 0) is 34.4 Å². The fourth-order valence-corrected chi connectivity index (χ4v) is 2.55. The summed E-state index contributed by atoms with van der Waals surface area (Å²) in [5.41, 5.74) is 8.67. The third-order valence-electron chi connectivity index (χ3n) is 3.51. The highest BCUT2D eigenvalue weighted by Gasteiger charge is 2.16. The van der Waals surface area contributed by atoms with Crippen molar-refractivity contribution in [3.63, 3.8) is 0 Å². The minimum absolute atomic E-state index is 0.0361. The summed E-state index contributed by atoms with van der Waals surface area (Å²) >= 11 is 0. The summed E-state index contributed by atoms with van der Waals surface area (Å²) in [4.78, 5) is 11.6. The first kappa shape index (κ1) is 11.9. The molecule has 1 aliphatic heterocycles. The van der Waals surface area contributed by atoms with Crippen LogP contribution in [0.1, 0.15) is 18.1 Å². The molecule has 2 N–H and O–H groups in total. The molecule has 0 radical (unpaired) electrons. The van der Waals surface area contributed by atoms with Crippen LogP contribution >= 0.6 is 0 Å². The van der Waals surface area contributed by atoms with Gasteiger partial charge in [0, 0.05) is 12.1 Å². The largest absolute Gasteiger partial charge is 0.287 e. The molecule has 0 spiro atoms. The number of hydrogen-bond acceptors (Lipinski definition) is 2. The van der Waals surface area contributed by atoms with E-state index < -0.39 is 0 Å². The van der Waals surface area contributed by atoms with Crippen LogP contribution in [0.2, 0.25) is 0 Å². The zero-order valence-electron chi connectivity index (χ0n) is 10.9. The molecule has 1 fully saturated rings. The van der Waals surface area contributed by atoms with Crippen molar-refractivity contribution in [3.05, 3.63) is 53.1 Å². The van der Waals surface area contributed by atoms with E-state index in [-0.39, 0.29) is 5.91 Å². The first-order valence-corrected chi connectivity index (χ1v) is 6.54. The zero-order valence-corrected chi connectivity index (χ0v) is 10.9. The molecule has 3 rings (SSSR count). The molecule has 1 heterocycles.